The van der Waals surface area contributed by atoms with Gasteiger partial charge in [0.05, 0.1) is 5.25 Å². The maximum atomic E-state index is 12.0. The standard InChI is InChI=1S/C12H26N2O2S/c1-3-4-5-6-7-11(2)14-17(15,16)12-8-9-13-10-12/h11-14H,3-10H2,1-2H3. The quantitative estimate of drug-likeness (QED) is 0.654. The molecule has 1 saturated heterocycles. The van der Waals surface area contributed by atoms with E-state index >= 15 is 0 Å². The van der Waals surface area contributed by atoms with Gasteiger partial charge in [-0.25, -0.2) is 13.1 Å². The molecule has 5 heteroatoms. The lowest BCUT2D eigenvalue weighted by Crippen LogP contribution is -2.40. The Bertz CT molecular complexity index is 298. The molecule has 1 heterocycles. The number of nitrogens with one attached hydrogen (secondary N) is 2. The molecule has 0 radical (unpaired) electrons. The minimum atomic E-state index is -3.11. The van der Waals surface area contributed by atoms with Crippen molar-refractivity contribution in [1.82, 2.24) is 10.0 Å². The van der Waals surface area contributed by atoms with Gasteiger partial charge in [0.1, 0.15) is 0 Å². The van der Waals surface area contributed by atoms with E-state index in [1.165, 1.54) is 19.3 Å². The van der Waals surface area contributed by atoms with E-state index in [0.717, 1.165) is 25.8 Å². The van der Waals surface area contributed by atoms with Crippen LogP contribution in [0.25, 0.3) is 0 Å². The van der Waals surface area contributed by atoms with Gasteiger partial charge in [0, 0.05) is 12.6 Å². The van der Waals surface area contributed by atoms with Gasteiger partial charge < -0.3 is 5.32 Å². The van der Waals surface area contributed by atoms with Crippen LogP contribution in [0.4, 0.5) is 0 Å². The molecule has 0 aromatic rings. The molecule has 1 fully saturated rings. The summed E-state index contributed by atoms with van der Waals surface area (Å²) in [6.07, 6.45) is 6.45. The van der Waals surface area contributed by atoms with Crippen molar-refractivity contribution in [2.24, 2.45) is 0 Å². The zero-order valence-corrected chi connectivity index (χ0v) is 11.9. The van der Waals surface area contributed by atoms with E-state index in [1.54, 1.807) is 0 Å². The fourth-order valence-corrected chi connectivity index (χ4v) is 3.84. The van der Waals surface area contributed by atoms with Gasteiger partial charge in [-0.05, 0) is 26.3 Å². The Morgan fingerprint density at radius 3 is 2.71 bits per heavy atom. The molecule has 2 unspecified atom stereocenters. The van der Waals surface area contributed by atoms with Crippen LogP contribution < -0.4 is 10.0 Å². The van der Waals surface area contributed by atoms with Gasteiger partial charge in [0.15, 0.2) is 0 Å². The van der Waals surface area contributed by atoms with Crippen molar-refractivity contribution in [3.63, 3.8) is 0 Å². The lowest BCUT2D eigenvalue weighted by atomic mass is 10.1. The highest BCUT2D eigenvalue weighted by Crippen LogP contribution is 2.11. The van der Waals surface area contributed by atoms with Crippen LogP contribution in [-0.4, -0.2) is 32.8 Å². The molecule has 102 valence electrons. The van der Waals surface area contributed by atoms with Crippen LogP contribution in [0.2, 0.25) is 0 Å². The van der Waals surface area contributed by atoms with E-state index in [-0.39, 0.29) is 11.3 Å². The Morgan fingerprint density at radius 1 is 1.35 bits per heavy atom. The topological polar surface area (TPSA) is 58.2 Å². The van der Waals surface area contributed by atoms with Gasteiger partial charge in [-0.2, -0.15) is 0 Å². The maximum absolute atomic E-state index is 12.0. The van der Waals surface area contributed by atoms with Crippen LogP contribution in [0.1, 0.15) is 52.4 Å². The predicted octanol–water partition coefficient (Wildman–Crippen LogP) is 1.63. The summed E-state index contributed by atoms with van der Waals surface area (Å²) in [5, 5.41) is 2.86. The van der Waals surface area contributed by atoms with Gasteiger partial charge in [-0.3, -0.25) is 0 Å². The smallest absolute Gasteiger partial charge is 0.216 e. The lowest BCUT2D eigenvalue weighted by Gasteiger charge is -2.17. The number of unbranched alkanes of at least 4 members (excludes halogenated alkanes) is 3. The summed E-state index contributed by atoms with van der Waals surface area (Å²) in [4.78, 5) is 0. The van der Waals surface area contributed by atoms with E-state index in [1.807, 2.05) is 6.92 Å². The van der Waals surface area contributed by atoms with E-state index in [2.05, 4.69) is 17.0 Å². The van der Waals surface area contributed by atoms with Crippen LogP contribution in [0.5, 0.6) is 0 Å². The molecule has 0 amide bonds. The summed E-state index contributed by atoms with van der Waals surface area (Å²) < 4.78 is 26.8. The van der Waals surface area contributed by atoms with Gasteiger partial charge in [-0.15, -0.1) is 0 Å². The summed E-state index contributed by atoms with van der Waals surface area (Å²) in [5.74, 6) is 0. The summed E-state index contributed by atoms with van der Waals surface area (Å²) in [5.41, 5.74) is 0. The average Bonchev–Trinajstić information content (AvgIpc) is 2.77. The first-order chi connectivity index (χ1) is 8.06. The molecule has 1 rings (SSSR count). The molecule has 0 bridgehead atoms. The van der Waals surface area contributed by atoms with Crippen molar-refractivity contribution in [1.29, 1.82) is 0 Å². The zero-order valence-electron chi connectivity index (χ0n) is 11.0. The molecule has 0 aromatic carbocycles. The largest absolute Gasteiger partial charge is 0.315 e. The highest BCUT2D eigenvalue weighted by Gasteiger charge is 2.29. The van der Waals surface area contributed by atoms with Gasteiger partial charge >= 0.3 is 0 Å². The van der Waals surface area contributed by atoms with Crippen LogP contribution in [-0.2, 0) is 10.0 Å². The van der Waals surface area contributed by atoms with E-state index < -0.39 is 10.0 Å². The summed E-state index contributed by atoms with van der Waals surface area (Å²) in [7, 11) is -3.11. The second-order valence-electron chi connectivity index (χ2n) is 5.03. The van der Waals surface area contributed by atoms with Crippen LogP contribution in [0, 0.1) is 0 Å². The fraction of sp³-hybridized carbons (Fsp3) is 1.00. The lowest BCUT2D eigenvalue weighted by molar-refractivity contribution is 0.515. The first-order valence-corrected chi connectivity index (χ1v) is 8.32. The Morgan fingerprint density at radius 2 is 2.12 bits per heavy atom. The molecule has 17 heavy (non-hydrogen) atoms. The highest BCUT2D eigenvalue weighted by molar-refractivity contribution is 7.90. The van der Waals surface area contributed by atoms with E-state index in [9.17, 15) is 8.42 Å². The van der Waals surface area contributed by atoms with Crippen molar-refractivity contribution in [3.05, 3.63) is 0 Å². The SMILES string of the molecule is CCCCCCC(C)NS(=O)(=O)C1CCNC1. The van der Waals surface area contributed by atoms with E-state index in [4.69, 9.17) is 0 Å². The minimum absolute atomic E-state index is 0.0671. The number of sulfonamides is 1. The molecule has 2 N–H and O–H groups in total. The van der Waals surface area contributed by atoms with E-state index in [0.29, 0.717) is 6.54 Å². The average molecular weight is 262 g/mol. The molecule has 0 aliphatic carbocycles. The third kappa shape index (κ3) is 5.36. The van der Waals surface area contributed by atoms with Crippen molar-refractivity contribution < 1.29 is 8.42 Å². The molecular formula is C12H26N2O2S. The molecule has 1 aliphatic rings. The van der Waals surface area contributed by atoms with Gasteiger partial charge in [0.25, 0.3) is 0 Å². The second-order valence-corrected chi connectivity index (χ2v) is 7.02. The Balaban J connectivity index is 2.26. The number of hydrogen-bond donors (Lipinski definition) is 2. The summed E-state index contributed by atoms with van der Waals surface area (Å²) in [6, 6.07) is 0.0671. The monoisotopic (exact) mass is 262 g/mol. The van der Waals surface area contributed by atoms with Crippen molar-refractivity contribution in [2.45, 2.75) is 63.7 Å². The number of hydrogen-bond acceptors (Lipinski definition) is 3. The number of rotatable bonds is 8. The third-order valence-electron chi connectivity index (χ3n) is 3.31. The Labute approximate surface area is 106 Å². The van der Waals surface area contributed by atoms with Crippen LogP contribution in [0.3, 0.4) is 0 Å². The summed E-state index contributed by atoms with van der Waals surface area (Å²) in [6.45, 7) is 5.56. The predicted molar refractivity (Wildman–Crippen MR) is 71.6 cm³/mol. The molecule has 4 nitrogen and oxygen atoms in total. The highest BCUT2D eigenvalue weighted by atomic mass is 32.2. The third-order valence-corrected chi connectivity index (χ3v) is 5.32. The molecule has 1 aliphatic heterocycles. The normalized spacial score (nSPS) is 22.8. The summed E-state index contributed by atoms with van der Waals surface area (Å²) >= 11 is 0. The second kappa shape index (κ2) is 7.34. The van der Waals surface area contributed by atoms with Crippen molar-refractivity contribution >= 4 is 10.0 Å². The molecule has 2 atom stereocenters. The molecule has 0 aromatic heterocycles. The Hall–Kier alpha value is -0.130. The van der Waals surface area contributed by atoms with Gasteiger partial charge in [0.2, 0.25) is 10.0 Å². The molecule has 0 saturated carbocycles. The molecular weight excluding hydrogens is 236 g/mol. The van der Waals surface area contributed by atoms with Gasteiger partial charge in [-0.1, -0.05) is 32.6 Å². The van der Waals surface area contributed by atoms with Crippen molar-refractivity contribution in [2.75, 3.05) is 13.1 Å². The van der Waals surface area contributed by atoms with Crippen molar-refractivity contribution in [3.8, 4) is 0 Å². The maximum Gasteiger partial charge on any atom is 0.216 e. The van der Waals surface area contributed by atoms with Crippen LogP contribution >= 0.6 is 0 Å². The minimum Gasteiger partial charge on any atom is -0.315 e. The fourth-order valence-electron chi connectivity index (χ4n) is 2.21. The first kappa shape index (κ1) is 14.9. The van der Waals surface area contributed by atoms with Crippen LogP contribution in [0.15, 0.2) is 0 Å². The molecule has 0 spiro atoms. The first-order valence-electron chi connectivity index (χ1n) is 6.78. The zero-order chi connectivity index (χ0) is 12.7. The Kier molecular flexibility index (Phi) is 6.44.